The van der Waals surface area contributed by atoms with E-state index in [1.54, 1.807) is 29.0 Å². The van der Waals surface area contributed by atoms with Gasteiger partial charge in [0.1, 0.15) is 21.9 Å². The number of thiazole rings is 1. The summed E-state index contributed by atoms with van der Waals surface area (Å²) in [6, 6.07) is 3.31. The minimum Gasteiger partial charge on any atom is -0.393 e. The highest BCUT2D eigenvalue weighted by molar-refractivity contribution is 7.17. The van der Waals surface area contributed by atoms with Gasteiger partial charge in [-0.05, 0) is 25.0 Å². The highest BCUT2D eigenvalue weighted by Crippen LogP contribution is 2.34. The van der Waals surface area contributed by atoms with Crippen LogP contribution in [0, 0.1) is 5.95 Å². The van der Waals surface area contributed by atoms with Gasteiger partial charge in [-0.1, -0.05) is 6.92 Å². The fraction of sp³-hybridized carbons (Fsp3) is 0.450. The number of fused-ring (bicyclic) bond motifs is 1. The number of nitrogens with one attached hydrogen (secondary N) is 1. The van der Waals surface area contributed by atoms with E-state index in [1.807, 2.05) is 13.1 Å². The molecular formula is C20H23F2N5OS. The molecule has 6 nitrogen and oxygen atoms in total. The average molecular weight is 420 g/mol. The Kier molecular flexibility index (Phi) is 5.49. The summed E-state index contributed by atoms with van der Waals surface area (Å²) >= 11 is 1.20. The maximum Gasteiger partial charge on any atom is 0.270 e. The molecule has 1 N–H and O–H groups in total. The number of halogens is 2. The normalized spacial score (nSPS) is 19.7. The van der Waals surface area contributed by atoms with Crippen LogP contribution in [0.4, 0.5) is 14.6 Å². The molecule has 4 heterocycles. The summed E-state index contributed by atoms with van der Waals surface area (Å²) in [5.41, 5.74) is 1.88. The van der Waals surface area contributed by atoms with Crippen molar-refractivity contribution in [2.45, 2.75) is 32.4 Å². The van der Waals surface area contributed by atoms with Crippen LogP contribution >= 0.6 is 11.3 Å². The zero-order valence-corrected chi connectivity index (χ0v) is 17.2. The number of hydrogen-bond acceptors (Lipinski definition) is 6. The van der Waals surface area contributed by atoms with E-state index in [0.717, 1.165) is 12.1 Å². The molecular weight excluding hydrogens is 396 g/mol. The third-order valence-electron chi connectivity index (χ3n) is 5.25. The molecule has 9 heteroatoms. The van der Waals surface area contributed by atoms with Gasteiger partial charge in [0.15, 0.2) is 0 Å². The number of allylic oxidation sites excluding steroid dienone is 1. The van der Waals surface area contributed by atoms with Crippen molar-refractivity contribution in [2.24, 2.45) is 0 Å². The molecule has 0 aromatic carbocycles. The third-order valence-corrected chi connectivity index (χ3v) is 6.37. The van der Waals surface area contributed by atoms with E-state index < -0.39 is 12.1 Å². The first kappa shape index (κ1) is 19.8. The molecule has 2 aliphatic rings. The van der Waals surface area contributed by atoms with Crippen molar-refractivity contribution < 1.29 is 13.6 Å². The van der Waals surface area contributed by atoms with Gasteiger partial charge in [-0.25, -0.2) is 14.4 Å². The van der Waals surface area contributed by atoms with E-state index >= 15 is 0 Å². The quantitative estimate of drug-likeness (QED) is 0.753. The predicted molar refractivity (Wildman–Crippen MR) is 109 cm³/mol. The number of aromatic nitrogens is 2. The van der Waals surface area contributed by atoms with E-state index in [2.05, 4.69) is 15.3 Å². The van der Waals surface area contributed by atoms with E-state index in [4.69, 9.17) is 0 Å². The SMILES string of the molecule is CC/C(=C\NC)N1CCc2nc(-c3ccc(N4CCC(F)C4)nc3F)sc2C1=O. The molecule has 154 valence electrons. The number of rotatable bonds is 5. The average Bonchev–Trinajstić information content (AvgIpc) is 3.33. The van der Waals surface area contributed by atoms with Crippen molar-refractivity contribution in [2.75, 3.05) is 31.6 Å². The lowest BCUT2D eigenvalue weighted by atomic mass is 10.1. The van der Waals surface area contributed by atoms with Gasteiger partial charge in [-0.15, -0.1) is 11.3 Å². The second kappa shape index (κ2) is 8.06. The van der Waals surface area contributed by atoms with Crippen LogP contribution in [0.2, 0.25) is 0 Å². The molecule has 0 bridgehead atoms. The van der Waals surface area contributed by atoms with Crippen molar-refractivity contribution in [3.8, 4) is 10.6 Å². The summed E-state index contributed by atoms with van der Waals surface area (Å²) in [5, 5.41) is 3.42. The summed E-state index contributed by atoms with van der Waals surface area (Å²) < 4.78 is 28.1. The zero-order valence-electron chi connectivity index (χ0n) is 16.4. The van der Waals surface area contributed by atoms with E-state index in [1.165, 1.54) is 11.3 Å². The number of anilines is 1. The number of carbonyl (C=O) groups is 1. The molecule has 2 aliphatic heterocycles. The highest BCUT2D eigenvalue weighted by atomic mass is 32.1. The number of alkyl halides is 1. The van der Waals surface area contributed by atoms with Crippen LogP contribution in [0.1, 0.15) is 35.1 Å². The second-order valence-electron chi connectivity index (χ2n) is 7.12. The first-order chi connectivity index (χ1) is 14.0. The monoisotopic (exact) mass is 419 g/mol. The van der Waals surface area contributed by atoms with Crippen LogP contribution in [0.15, 0.2) is 24.0 Å². The van der Waals surface area contributed by atoms with Gasteiger partial charge < -0.3 is 15.1 Å². The predicted octanol–water partition coefficient (Wildman–Crippen LogP) is 3.36. The lowest BCUT2D eigenvalue weighted by Crippen LogP contribution is -2.36. The molecule has 1 fully saturated rings. The Morgan fingerprint density at radius 1 is 1.38 bits per heavy atom. The zero-order chi connectivity index (χ0) is 20.5. The van der Waals surface area contributed by atoms with Gasteiger partial charge >= 0.3 is 0 Å². The van der Waals surface area contributed by atoms with Crippen LogP contribution in [0.5, 0.6) is 0 Å². The molecule has 2 aromatic heterocycles. The molecule has 1 atom stereocenters. The molecule has 1 amide bonds. The second-order valence-corrected chi connectivity index (χ2v) is 8.12. The van der Waals surface area contributed by atoms with Crippen LogP contribution in [-0.4, -0.2) is 53.6 Å². The summed E-state index contributed by atoms with van der Waals surface area (Å²) in [4.78, 5) is 25.5. The van der Waals surface area contributed by atoms with Crippen molar-refractivity contribution in [3.63, 3.8) is 0 Å². The molecule has 0 aliphatic carbocycles. The number of hydrogen-bond donors (Lipinski definition) is 1. The van der Waals surface area contributed by atoms with Crippen molar-refractivity contribution in [1.82, 2.24) is 20.2 Å². The lowest BCUT2D eigenvalue weighted by molar-refractivity contribution is 0.0791. The standard InChI is InChI=1S/C20H23F2N5OS/c1-3-13(10-23-2)27-9-7-15-17(20(27)28)29-19(24-15)14-4-5-16(25-18(14)22)26-8-6-12(21)11-26/h4-5,10,12,23H,3,6-9,11H2,1-2H3/b13-10+. The van der Waals surface area contributed by atoms with Gasteiger partial charge in [0.25, 0.3) is 5.91 Å². The maximum absolute atomic E-state index is 14.7. The maximum atomic E-state index is 14.7. The minimum atomic E-state index is -0.899. The fourth-order valence-electron chi connectivity index (χ4n) is 3.74. The highest BCUT2D eigenvalue weighted by Gasteiger charge is 2.31. The van der Waals surface area contributed by atoms with Crippen molar-refractivity contribution in [3.05, 3.63) is 40.5 Å². The Labute approximate surface area is 172 Å². The van der Waals surface area contributed by atoms with Crippen molar-refractivity contribution >= 4 is 23.1 Å². The van der Waals surface area contributed by atoms with Crippen LogP contribution in [0.3, 0.4) is 0 Å². The van der Waals surface area contributed by atoms with Gasteiger partial charge in [0, 0.05) is 38.5 Å². The Morgan fingerprint density at radius 2 is 2.21 bits per heavy atom. The topological polar surface area (TPSA) is 61.4 Å². The van der Waals surface area contributed by atoms with E-state index in [9.17, 15) is 13.6 Å². The molecule has 0 spiro atoms. The lowest BCUT2D eigenvalue weighted by Gasteiger charge is -2.27. The van der Waals surface area contributed by atoms with Crippen LogP contribution in [-0.2, 0) is 6.42 Å². The fourth-order valence-corrected chi connectivity index (χ4v) is 4.82. The Hall–Kier alpha value is -2.55. The van der Waals surface area contributed by atoms with Crippen LogP contribution < -0.4 is 10.2 Å². The smallest absolute Gasteiger partial charge is 0.270 e. The summed E-state index contributed by atoms with van der Waals surface area (Å²) in [5.74, 6) is -0.321. The summed E-state index contributed by atoms with van der Waals surface area (Å²) in [6.45, 7) is 3.32. The number of pyridine rings is 1. The number of nitrogens with zero attached hydrogens (tertiary/aromatic N) is 4. The van der Waals surface area contributed by atoms with Gasteiger partial charge in [0.05, 0.1) is 17.8 Å². The molecule has 1 unspecified atom stereocenters. The van der Waals surface area contributed by atoms with Crippen molar-refractivity contribution in [1.29, 1.82) is 0 Å². The Bertz CT molecular complexity index is 960. The largest absolute Gasteiger partial charge is 0.393 e. The van der Waals surface area contributed by atoms with E-state index in [-0.39, 0.29) is 18.0 Å². The van der Waals surface area contributed by atoms with Crippen LogP contribution in [0.25, 0.3) is 10.6 Å². The first-order valence-electron chi connectivity index (χ1n) is 9.75. The molecule has 0 saturated carbocycles. The Morgan fingerprint density at radius 3 is 2.86 bits per heavy atom. The Balaban J connectivity index is 1.61. The number of carbonyl (C=O) groups excluding carboxylic acids is 1. The molecule has 1 saturated heterocycles. The van der Waals surface area contributed by atoms with Gasteiger partial charge in [-0.3, -0.25) is 4.79 Å². The number of amides is 1. The first-order valence-corrected chi connectivity index (χ1v) is 10.6. The molecule has 4 rings (SSSR count). The van der Waals surface area contributed by atoms with Gasteiger partial charge in [-0.2, -0.15) is 4.39 Å². The molecule has 29 heavy (non-hydrogen) atoms. The van der Waals surface area contributed by atoms with Gasteiger partial charge in [0.2, 0.25) is 5.95 Å². The summed E-state index contributed by atoms with van der Waals surface area (Å²) in [6.07, 6.45) is 2.71. The third kappa shape index (κ3) is 3.71. The molecule has 2 aromatic rings. The molecule has 0 radical (unpaired) electrons. The summed E-state index contributed by atoms with van der Waals surface area (Å²) in [7, 11) is 1.80. The van der Waals surface area contributed by atoms with E-state index in [0.29, 0.717) is 47.3 Å². The minimum absolute atomic E-state index is 0.102.